The van der Waals surface area contributed by atoms with Gasteiger partial charge in [0.25, 0.3) is 0 Å². The third-order valence-corrected chi connectivity index (χ3v) is 3.29. The number of esters is 1. The second kappa shape index (κ2) is 6.63. The van der Waals surface area contributed by atoms with Crippen LogP contribution in [0.5, 0.6) is 0 Å². The van der Waals surface area contributed by atoms with E-state index < -0.39 is 5.97 Å². The number of rotatable bonds is 5. The fourth-order valence-corrected chi connectivity index (χ4v) is 2.27. The van der Waals surface area contributed by atoms with Crippen LogP contribution in [0.25, 0.3) is 0 Å². The molecule has 0 amide bonds. The molecule has 1 saturated carbocycles. The van der Waals surface area contributed by atoms with E-state index in [4.69, 9.17) is 15.2 Å². The maximum absolute atomic E-state index is 11.9. The molecule has 2 rings (SSSR count). The molecule has 106 valence electrons. The van der Waals surface area contributed by atoms with E-state index in [1.54, 1.807) is 13.3 Å². The lowest BCUT2D eigenvalue weighted by Gasteiger charge is -2.27. The van der Waals surface area contributed by atoms with Gasteiger partial charge in [-0.1, -0.05) is 5.21 Å². The molecule has 2 atom stereocenters. The van der Waals surface area contributed by atoms with Gasteiger partial charge in [0.15, 0.2) is 5.69 Å². The van der Waals surface area contributed by atoms with E-state index in [1.165, 1.54) is 4.68 Å². The molecule has 0 saturated heterocycles. The summed E-state index contributed by atoms with van der Waals surface area (Å²) in [6, 6.07) is 0. The van der Waals surface area contributed by atoms with E-state index >= 15 is 0 Å². The molecule has 2 N–H and O–H groups in total. The van der Waals surface area contributed by atoms with Crippen molar-refractivity contribution in [1.82, 2.24) is 15.0 Å². The Hall–Kier alpha value is -1.47. The zero-order chi connectivity index (χ0) is 13.7. The maximum atomic E-state index is 11.9. The minimum Gasteiger partial charge on any atom is -0.457 e. The summed E-state index contributed by atoms with van der Waals surface area (Å²) in [7, 11) is 1.69. The Bertz CT molecular complexity index is 421. The highest BCUT2D eigenvalue weighted by molar-refractivity contribution is 5.86. The van der Waals surface area contributed by atoms with Crippen LogP contribution in [0.15, 0.2) is 6.20 Å². The molecule has 1 aliphatic carbocycles. The first-order chi connectivity index (χ1) is 9.22. The smallest absolute Gasteiger partial charge is 0.360 e. The van der Waals surface area contributed by atoms with Gasteiger partial charge in [0.2, 0.25) is 0 Å². The standard InChI is InChI=1S/C12H20N4O3/c1-18-9-3-2-4-10(7-9)19-12(17)11-8-16(6-5-13)15-14-11/h8-10H,2-7,13H2,1H3. The number of hydrogen-bond donors (Lipinski definition) is 1. The van der Waals surface area contributed by atoms with Gasteiger partial charge < -0.3 is 15.2 Å². The molecule has 0 aromatic carbocycles. The van der Waals surface area contributed by atoms with Crippen LogP contribution in [0.1, 0.15) is 36.2 Å². The summed E-state index contributed by atoms with van der Waals surface area (Å²) in [6.07, 6.45) is 5.31. The number of ether oxygens (including phenoxy) is 2. The molecule has 1 heterocycles. The fraction of sp³-hybridized carbons (Fsp3) is 0.750. The fourth-order valence-electron chi connectivity index (χ4n) is 2.27. The molecule has 1 fully saturated rings. The number of aromatic nitrogens is 3. The van der Waals surface area contributed by atoms with Crippen molar-refractivity contribution in [2.45, 2.75) is 44.4 Å². The van der Waals surface area contributed by atoms with Crippen molar-refractivity contribution in [2.75, 3.05) is 13.7 Å². The first-order valence-electron chi connectivity index (χ1n) is 6.57. The normalized spacial score (nSPS) is 23.3. The molecular formula is C12H20N4O3. The predicted octanol–water partition coefficient (Wildman–Crippen LogP) is 0.351. The lowest BCUT2D eigenvalue weighted by atomic mass is 9.95. The summed E-state index contributed by atoms with van der Waals surface area (Å²) in [6.45, 7) is 0.992. The Labute approximate surface area is 112 Å². The van der Waals surface area contributed by atoms with Gasteiger partial charge in [-0.2, -0.15) is 0 Å². The largest absolute Gasteiger partial charge is 0.457 e. The van der Waals surface area contributed by atoms with Crippen molar-refractivity contribution in [1.29, 1.82) is 0 Å². The molecular weight excluding hydrogens is 248 g/mol. The first-order valence-corrected chi connectivity index (χ1v) is 6.57. The lowest BCUT2D eigenvalue weighted by molar-refractivity contribution is -0.0153. The predicted molar refractivity (Wildman–Crippen MR) is 67.5 cm³/mol. The number of nitrogens with zero attached hydrogens (tertiary/aromatic N) is 3. The summed E-state index contributed by atoms with van der Waals surface area (Å²) >= 11 is 0. The Morgan fingerprint density at radius 1 is 1.53 bits per heavy atom. The van der Waals surface area contributed by atoms with Crippen LogP contribution in [0, 0.1) is 0 Å². The van der Waals surface area contributed by atoms with Gasteiger partial charge in [0.05, 0.1) is 18.8 Å². The summed E-state index contributed by atoms with van der Waals surface area (Å²) in [4.78, 5) is 11.9. The van der Waals surface area contributed by atoms with Crippen LogP contribution in [0.4, 0.5) is 0 Å². The molecule has 1 aromatic rings. The Balaban J connectivity index is 1.88. The van der Waals surface area contributed by atoms with Crippen molar-refractivity contribution >= 4 is 5.97 Å². The van der Waals surface area contributed by atoms with Crippen LogP contribution in [0.2, 0.25) is 0 Å². The number of carbonyl (C=O) groups excluding carboxylic acids is 1. The van der Waals surface area contributed by atoms with Gasteiger partial charge in [-0.15, -0.1) is 5.10 Å². The SMILES string of the molecule is COC1CCCC(OC(=O)c2cn(CCN)nn2)C1. The zero-order valence-electron chi connectivity index (χ0n) is 11.1. The molecule has 0 spiro atoms. The highest BCUT2D eigenvalue weighted by Gasteiger charge is 2.26. The molecule has 0 radical (unpaired) electrons. The minimum absolute atomic E-state index is 0.0918. The van der Waals surface area contributed by atoms with Crippen LogP contribution >= 0.6 is 0 Å². The second-order valence-electron chi connectivity index (χ2n) is 4.71. The van der Waals surface area contributed by atoms with Gasteiger partial charge in [0.1, 0.15) is 6.10 Å². The van der Waals surface area contributed by atoms with E-state index in [9.17, 15) is 4.79 Å². The molecule has 7 heteroatoms. The maximum Gasteiger partial charge on any atom is 0.360 e. The quantitative estimate of drug-likeness (QED) is 0.775. The minimum atomic E-state index is -0.426. The summed E-state index contributed by atoms with van der Waals surface area (Å²) < 4.78 is 12.3. The molecule has 1 aliphatic rings. The Kier molecular flexibility index (Phi) is 4.86. The third kappa shape index (κ3) is 3.74. The van der Waals surface area contributed by atoms with Gasteiger partial charge in [-0.3, -0.25) is 4.68 Å². The lowest BCUT2D eigenvalue weighted by Crippen LogP contribution is -2.29. The number of carbonyl (C=O) groups is 1. The molecule has 2 unspecified atom stereocenters. The first kappa shape index (κ1) is 14.0. The molecule has 1 aromatic heterocycles. The summed E-state index contributed by atoms with van der Waals surface area (Å²) in [5, 5.41) is 7.60. The average Bonchev–Trinajstić information content (AvgIpc) is 2.88. The zero-order valence-corrected chi connectivity index (χ0v) is 11.1. The van der Waals surface area contributed by atoms with Crippen molar-refractivity contribution in [3.8, 4) is 0 Å². The van der Waals surface area contributed by atoms with E-state index in [0.29, 0.717) is 13.1 Å². The van der Waals surface area contributed by atoms with Crippen LogP contribution in [-0.2, 0) is 16.0 Å². The van der Waals surface area contributed by atoms with E-state index in [2.05, 4.69) is 10.3 Å². The number of nitrogens with two attached hydrogens (primary N) is 1. The molecule has 0 bridgehead atoms. The van der Waals surface area contributed by atoms with Gasteiger partial charge in [-0.05, 0) is 19.3 Å². The number of hydrogen-bond acceptors (Lipinski definition) is 6. The monoisotopic (exact) mass is 268 g/mol. The molecule has 7 nitrogen and oxygen atoms in total. The van der Waals surface area contributed by atoms with Gasteiger partial charge in [0, 0.05) is 20.1 Å². The molecule has 0 aliphatic heterocycles. The average molecular weight is 268 g/mol. The summed E-state index contributed by atoms with van der Waals surface area (Å²) in [5.41, 5.74) is 5.64. The van der Waals surface area contributed by atoms with Crippen LogP contribution in [-0.4, -0.2) is 46.8 Å². The summed E-state index contributed by atoms with van der Waals surface area (Å²) in [5.74, 6) is -0.426. The van der Waals surface area contributed by atoms with Crippen molar-refractivity contribution in [3.63, 3.8) is 0 Å². The molecule has 19 heavy (non-hydrogen) atoms. The highest BCUT2D eigenvalue weighted by atomic mass is 16.5. The topological polar surface area (TPSA) is 92.3 Å². The second-order valence-corrected chi connectivity index (χ2v) is 4.71. The van der Waals surface area contributed by atoms with Gasteiger partial charge >= 0.3 is 5.97 Å². The Morgan fingerprint density at radius 3 is 3.05 bits per heavy atom. The van der Waals surface area contributed by atoms with Gasteiger partial charge in [-0.25, -0.2) is 4.79 Å². The van der Waals surface area contributed by atoms with E-state index in [-0.39, 0.29) is 17.9 Å². The van der Waals surface area contributed by atoms with E-state index in [0.717, 1.165) is 25.7 Å². The van der Waals surface area contributed by atoms with Crippen molar-refractivity contribution in [2.24, 2.45) is 5.73 Å². The highest BCUT2D eigenvalue weighted by Crippen LogP contribution is 2.23. The van der Waals surface area contributed by atoms with Crippen molar-refractivity contribution < 1.29 is 14.3 Å². The Morgan fingerprint density at radius 2 is 2.32 bits per heavy atom. The van der Waals surface area contributed by atoms with E-state index in [1.807, 2.05) is 0 Å². The van der Waals surface area contributed by atoms with Crippen LogP contribution < -0.4 is 5.73 Å². The number of methoxy groups -OCH3 is 1. The van der Waals surface area contributed by atoms with Crippen molar-refractivity contribution in [3.05, 3.63) is 11.9 Å². The third-order valence-electron chi connectivity index (χ3n) is 3.29. The van der Waals surface area contributed by atoms with Crippen LogP contribution in [0.3, 0.4) is 0 Å².